The minimum absolute atomic E-state index is 0.0363. The largest absolute Gasteiger partial charge is 0.497 e. The number of hydrogen-bond donors (Lipinski definition) is 1. The van der Waals surface area contributed by atoms with Crippen molar-refractivity contribution in [2.24, 2.45) is 11.3 Å². The van der Waals surface area contributed by atoms with Crippen LogP contribution < -0.4 is 4.74 Å². The monoisotopic (exact) mass is 387 g/mol. The van der Waals surface area contributed by atoms with Crippen LogP contribution in [0.3, 0.4) is 0 Å². The van der Waals surface area contributed by atoms with E-state index in [1.807, 2.05) is 38.1 Å². The number of methoxy groups -OCH3 is 1. The topological polar surface area (TPSA) is 106 Å². The molecule has 1 aliphatic heterocycles. The molecular weight excluding hydrogens is 362 g/mol. The van der Waals surface area contributed by atoms with Crippen molar-refractivity contribution in [3.8, 4) is 17.1 Å². The molecule has 0 bridgehead atoms. The van der Waals surface area contributed by atoms with Gasteiger partial charge < -0.3 is 19.3 Å². The number of aliphatic carboxylic acids is 1. The van der Waals surface area contributed by atoms with Crippen LogP contribution in [0, 0.1) is 11.3 Å². The van der Waals surface area contributed by atoms with Gasteiger partial charge in [-0.1, -0.05) is 19.0 Å². The first kappa shape index (κ1) is 19.9. The number of amides is 1. The van der Waals surface area contributed by atoms with E-state index < -0.39 is 11.4 Å². The average Bonchev–Trinajstić information content (AvgIpc) is 3.34. The average molecular weight is 387 g/mol. The van der Waals surface area contributed by atoms with E-state index in [4.69, 9.17) is 9.26 Å². The van der Waals surface area contributed by atoms with Crippen LogP contribution in [0.1, 0.15) is 32.6 Å². The summed E-state index contributed by atoms with van der Waals surface area (Å²) in [5, 5.41) is 13.6. The molecule has 1 aliphatic rings. The number of aryl methyl sites for hydroxylation is 1. The van der Waals surface area contributed by atoms with Crippen molar-refractivity contribution in [3.05, 3.63) is 30.2 Å². The summed E-state index contributed by atoms with van der Waals surface area (Å²) in [7, 11) is 1.60. The molecule has 0 aliphatic carbocycles. The number of carbonyl (C=O) groups excluding carboxylic acids is 1. The first-order valence-electron chi connectivity index (χ1n) is 9.34. The molecule has 1 aromatic carbocycles. The fourth-order valence-electron chi connectivity index (χ4n) is 3.52. The fraction of sp³-hybridized carbons (Fsp3) is 0.500. The number of ether oxygens (including phenoxy) is 1. The second-order valence-corrected chi connectivity index (χ2v) is 7.42. The molecule has 8 heteroatoms. The van der Waals surface area contributed by atoms with Gasteiger partial charge in [0.15, 0.2) is 0 Å². The zero-order valence-electron chi connectivity index (χ0n) is 16.3. The van der Waals surface area contributed by atoms with Gasteiger partial charge in [0.05, 0.1) is 12.5 Å². The van der Waals surface area contributed by atoms with Gasteiger partial charge >= 0.3 is 5.97 Å². The molecule has 2 heterocycles. The van der Waals surface area contributed by atoms with Crippen molar-refractivity contribution in [3.63, 3.8) is 0 Å². The number of carbonyl (C=O) groups is 2. The zero-order chi connectivity index (χ0) is 20.3. The highest BCUT2D eigenvalue weighted by Gasteiger charge is 2.48. The molecule has 3 rings (SSSR count). The van der Waals surface area contributed by atoms with Gasteiger partial charge in [-0.2, -0.15) is 4.98 Å². The van der Waals surface area contributed by atoms with E-state index in [1.54, 1.807) is 12.0 Å². The van der Waals surface area contributed by atoms with E-state index in [9.17, 15) is 14.7 Å². The van der Waals surface area contributed by atoms with E-state index in [0.717, 1.165) is 11.3 Å². The standard InChI is InChI=1S/C20H25N3O5/c1-13(2)20(19(25)26)10-11-23(12-20)17(24)9-8-16-21-18(22-28-16)14-4-6-15(27-3)7-5-14/h4-7,13H,8-12H2,1-3H3,(H,25,26). The predicted octanol–water partition coefficient (Wildman–Crippen LogP) is 2.64. The number of carboxylic acid groups (broad SMARTS) is 1. The minimum Gasteiger partial charge on any atom is -0.497 e. The first-order chi connectivity index (χ1) is 13.4. The Hall–Kier alpha value is -2.90. The predicted molar refractivity (Wildman–Crippen MR) is 101 cm³/mol. The first-order valence-corrected chi connectivity index (χ1v) is 9.34. The van der Waals surface area contributed by atoms with E-state index in [-0.39, 0.29) is 24.8 Å². The lowest BCUT2D eigenvalue weighted by Gasteiger charge is -2.28. The molecule has 0 radical (unpaired) electrons. The number of benzene rings is 1. The van der Waals surface area contributed by atoms with Crippen molar-refractivity contribution in [2.75, 3.05) is 20.2 Å². The number of rotatable bonds is 7. The summed E-state index contributed by atoms with van der Waals surface area (Å²) in [4.78, 5) is 30.2. The summed E-state index contributed by atoms with van der Waals surface area (Å²) in [6, 6.07) is 7.29. The Morgan fingerprint density at radius 1 is 1.32 bits per heavy atom. The number of likely N-dealkylation sites (tertiary alicyclic amines) is 1. The van der Waals surface area contributed by atoms with Gasteiger partial charge in [0.25, 0.3) is 0 Å². The van der Waals surface area contributed by atoms with Crippen molar-refractivity contribution < 1.29 is 24.0 Å². The van der Waals surface area contributed by atoms with Crippen LogP contribution in [0.5, 0.6) is 5.75 Å². The number of carboxylic acids is 1. The Morgan fingerprint density at radius 2 is 2.04 bits per heavy atom. The highest BCUT2D eigenvalue weighted by Crippen LogP contribution is 2.38. The summed E-state index contributed by atoms with van der Waals surface area (Å²) < 4.78 is 10.4. The molecule has 1 unspecified atom stereocenters. The molecule has 1 atom stereocenters. The third kappa shape index (κ3) is 3.85. The van der Waals surface area contributed by atoms with Gasteiger partial charge in [0, 0.05) is 31.5 Å². The lowest BCUT2D eigenvalue weighted by Crippen LogP contribution is -2.40. The molecule has 8 nitrogen and oxygen atoms in total. The van der Waals surface area contributed by atoms with Gasteiger partial charge in [-0.25, -0.2) is 0 Å². The molecule has 2 aromatic rings. The maximum absolute atomic E-state index is 12.5. The van der Waals surface area contributed by atoms with E-state index in [1.165, 1.54) is 0 Å². The number of nitrogens with zero attached hydrogens (tertiary/aromatic N) is 3. The maximum Gasteiger partial charge on any atom is 0.311 e. The normalized spacial score (nSPS) is 19.2. The van der Waals surface area contributed by atoms with E-state index in [0.29, 0.717) is 31.1 Å². The summed E-state index contributed by atoms with van der Waals surface area (Å²) in [6.07, 6.45) is 1.01. The molecule has 1 aromatic heterocycles. The lowest BCUT2D eigenvalue weighted by molar-refractivity contribution is -0.151. The summed E-state index contributed by atoms with van der Waals surface area (Å²) in [5.74, 6) is 0.614. The molecule has 150 valence electrons. The summed E-state index contributed by atoms with van der Waals surface area (Å²) in [6.45, 7) is 4.49. The fourth-order valence-corrected chi connectivity index (χ4v) is 3.52. The van der Waals surface area contributed by atoms with Crippen LogP contribution in [-0.2, 0) is 16.0 Å². The quantitative estimate of drug-likeness (QED) is 0.778. The van der Waals surface area contributed by atoms with Crippen molar-refractivity contribution in [1.82, 2.24) is 15.0 Å². The van der Waals surface area contributed by atoms with Crippen LogP contribution in [0.15, 0.2) is 28.8 Å². The highest BCUT2D eigenvalue weighted by atomic mass is 16.5. The molecule has 1 fully saturated rings. The van der Waals surface area contributed by atoms with Gasteiger partial charge in [-0.3, -0.25) is 9.59 Å². The SMILES string of the molecule is COc1ccc(-c2noc(CCC(=O)N3CCC(C(=O)O)(C(C)C)C3)n2)cc1. The van der Waals surface area contributed by atoms with Crippen LogP contribution >= 0.6 is 0 Å². The van der Waals surface area contributed by atoms with E-state index in [2.05, 4.69) is 10.1 Å². The van der Waals surface area contributed by atoms with Crippen molar-refractivity contribution in [2.45, 2.75) is 33.1 Å². The smallest absolute Gasteiger partial charge is 0.311 e. The maximum atomic E-state index is 12.5. The van der Waals surface area contributed by atoms with Crippen LogP contribution in [-0.4, -0.2) is 52.2 Å². The Labute approximate surface area is 163 Å². The summed E-state index contributed by atoms with van der Waals surface area (Å²) in [5.41, 5.74) is -0.0633. The second kappa shape index (κ2) is 8.00. The van der Waals surface area contributed by atoms with Crippen molar-refractivity contribution in [1.29, 1.82) is 0 Å². The molecule has 0 saturated carbocycles. The van der Waals surface area contributed by atoms with Crippen molar-refractivity contribution >= 4 is 11.9 Å². The second-order valence-electron chi connectivity index (χ2n) is 7.42. The molecule has 1 N–H and O–H groups in total. The molecule has 1 amide bonds. The molecule has 28 heavy (non-hydrogen) atoms. The number of hydrogen-bond acceptors (Lipinski definition) is 6. The molecule has 1 saturated heterocycles. The minimum atomic E-state index is -0.859. The third-order valence-corrected chi connectivity index (χ3v) is 5.55. The Morgan fingerprint density at radius 3 is 2.61 bits per heavy atom. The van der Waals surface area contributed by atoms with E-state index >= 15 is 0 Å². The Balaban J connectivity index is 1.58. The van der Waals surface area contributed by atoms with Gasteiger partial charge in [0.2, 0.25) is 17.6 Å². The Kier molecular flexibility index (Phi) is 5.67. The Bertz CT molecular complexity index is 846. The van der Waals surface area contributed by atoms with Gasteiger partial charge in [0.1, 0.15) is 5.75 Å². The van der Waals surface area contributed by atoms with Crippen LogP contribution in [0.2, 0.25) is 0 Å². The van der Waals surface area contributed by atoms with Crippen LogP contribution in [0.4, 0.5) is 0 Å². The van der Waals surface area contributed by atoms with Crippen LogP contribution in [0.25, 0.3) is 11.4 Å². The molecule has 0 spiro atoms. The van der Waals surface area contributed by atoms with Gasteiger partial charge in [-0.05, 0) is 36.6 Å². The lowest BCUT2D eigenvalue weighted by atomic mass is 9.76. The molecular formula is C20H25N3O5. The van der Waals surface area contributed by atoms with Gasteiger partial charge in [-0.15, -0.1) is 0 Å². The number of aromatic nitrogens is 2. The third-order valence-electron chi connectivity index (χ3n) is 5.55. The zero-order valence-corrected chi connectivity index (χ0v) is 16.3. The summed E-state index contributed by atoms with van der Waals surface area (Å²) >= 11 is 0. The highest BCUT2D eigenvalue weighted by molar-refractivity contribution is 5.81.